The molecule has 2 bridgehead atoms. The van der Waals surface area contributed by atoms with Crippen LogP contribution >= 0.6 is 0 Å². The molecule has 2 atom stereocenters. The molecule has 4 nitrogen and oxygen atoms in total. The molecule has 1 aromatic carbocycles. The standard InChI is InChI=1S/C22H22N2O2/c1-24(26-2)20(25)21-13-16(14-21)18-19-15(7-6-12-23-19)10-11-22(18,21)17-8-4-3-5-9-17/h3-12,16,18H,13-14H2,1-2H3/t16?,18-,21?,22-/m0/s1. The summed E-state index contributed by atoms with van der Waals surface area (Å²) in [5, 5.41) is 1.41. The van der Waals surface area contributed by atoms with Gasteiger partial charge in [0.25, 0.3) is 5.91 Å². The van der Waals surface area contributed by atoms with Gasteiger partial charge in [-0.25, -0.2) is 5.06 Å². The molecule has 6 rings (SSSR count). The Bertz CT molecular complexity index is 901. The summed E-state index contributed by atoms with van der Waals surface area (Å²) in [5.41, 5.74) is 2.70. The Kier molecular flexibility index (Phi) is 3.20. The highest BCUT2D eigenvalue weighted by Crippen LogP contribution is 2.76. The van der Waals surface area contributed by atoms with Gasteiger partial charge in [0.1, 0.15) is 0 Å². The molecule has 4 aliphatic rings. The Morgan fingerprint density at radius 3 is 2.69 bits per heavy atom. The fourth-order valence-corrected chi connectivity index (χ4v) is 5.83. The maximum Gasteiger partial charge on any atom is 0.253 e. The second kappa shape index (κ2) is 5.27. The van der Waals surface area contributed by atoms with Crippen molar-refractivity contribution in [1.29, 1.82) is 0 Å². The lowest BCUT2D eigenvalue weighted by Crippen LogP contribution is -2.54. The fraction of sp³-hybridized carbons (Fsp3) is 0.364. The van der Waals surface area contributed by atoms with Crippen LogP contribution in [0.4, 0.5) is 0 Å². The van der Waals surface area contributed by atoms with E-state index in [4.69, 9.17) is 9.82 Å². The van der Waals surface area contributed by atoms with Crippen LogP contribution in [0.5, 0.6) is 0 Å². The van der Waals surface area contributed by atoms with E-state index in [2.05, 4.69) is 42.5 Å². The summed E-state index contributed by atoms with van der Waals surface area (Å²) < 4.78 is 0. The molecule has 4 aliphatic carbocycles. The van der Waals surface area contributed by atoms with Crippen molar-refractivity contribution in [2.75, 3.05) is 14.2 Å². The minimum absolute atomic E-state index is 0.0756. The van der Waals surface area contributed by atoms with E-state index < -0.39 is 5.41 Å². The number of allylic oxidation sites excluding steroid dienone is 1. The topological polar surface area (TPSA) is 42.4 Å². The normalized spacial score (nSPS) is 33.2. The summed E-state index contributed by atoms with van der Waals surface area (Å²) in [6.45, 7) is 0. The molecule has 132 valence electrons. The van der Waals surface area contributed by atoms with Crippen molar-refractivity contribution < 1.29 is 9.63 Å². The Labute approximate surface area is 153 Å². The maximum atomic E-state index is 13.4. The zero-order valence-corrected chi connectivity index (χ0v) is 15.1. The Morgan fingerprint density at radius 2 is 1.96 bits per heavy atom. The molecule has 0 saturated heterocycles. The Hall–Kier alpha value is -2.46. The van der Waals surface area contributed by atoms with Gasteiger partial charge in [-0.05, 0) is 36.0 Å². The number of hydrogen-bond donors (Lipinski definition) is 0. The molecule has 1 amide bonds. The zero-order valence-electron chi connectivity index (χ0n) is 15.1. The number of aromatic nitrogens is 1. The van der Waals surface area contributed by atoms with Gasteiger partial charge in [-0.2, -0.15) is 0 Å². The highest BCUT2D eigenvalue weighted by Gasteiger charge is 2.76. The molecular weight excluding hydrogens is 324 g/mol. The summed E-state index contributed by atoms with van der Waals surface area (Å²) in [6, 6.07) is 14.6. The molecular formula is C22H22N2O2. The van der Waals surface area contributed by atoms with Gasteiger partial charge in [-0.15, -0.1) is 0 Å². The highest BCUT2D eigenvalue weighted by atomic mass is 16.7. The molecule has 3 saturated carbocycles. The van der Waals surface area contributed by atoms with Gasteiger partial charge < -0.3 is 0 Å². The lowest BCUT2D eigenvalue weighted by molar-refractivity contribution is -0.187. The third kappa shape index (κ3) is 1.68. The quantitative estimate of drug-likeness (QED) is 0.798. The number of amides is 1. The Balaban J connectivity index is 1.76. The molecule has 0 N–H and O–H groups in total. The van der Waals surface area contributed by atoms with Crippen LogP contribution in [-0.2, 0) is 15.0 Å². The van der Waals surface area contributed by atoms with Gasteiger partial charge in [-0.1, -0.05) is 48.6 Å². The van der Waals surface area contributed by atoms with E-state index in [9.17, 15) is 4.79 Å². The second-order valence-corrected chi connectivity index (χ2v) is 7.76. The largest absolute Gasteiger partial charge is 0.275 e. The van der Waals surface area contributed by atoms with E-state index in [1.165, 1.54) is 16.2 Å². The number of pyridine rings is 1. The van der Waals surface area contributed by atoms with Crippen LogP contribution in [0.2, 0.25) is 0 Å². The summed E-state index contributed by atoms with van der Waals surface area (Å²) >= 11 is 0. The summed E-state index contributed by atoms with van der Waals surface area (Å²) in [5.74, 6) is 0.787. The average molecular weight is 346 g/mol. The summed E-state index contributed by atoms with van der Waals surface area (Å²) in [7, 11) is 3.27. The van der Waals surface area contributed by atoms with E-state index >= 15 is 0 Å². The van der Waals surface area contributed by atoms with E-state index in [1.54, 1.807) is 14.2 Å². The van der Waals surface area contributed by atoms with E-state index in [1.807, 2.05) is 18.3 Å². The monoisotopic (exact) mass is 346 g/mol. The van der Waals surface area contributed by atoms with Gasteiger partial charge in [-0.3, -0.25) is 14.6 Å². The first-order valence-electron chi connectivity index (χ1n) is 9.16. The number of carbonyl (C=O) groups is 1. The van der Waals surface area contributed by atoms with Crippen LogP contribution in [0.15, 0.2) is 54.7 Å². The van der Waals surface area contributed by atoms with Gasteiger partial charge in [0, 0.05) is 24.6 Å². The molecule has 0 radical (unpaired) electrons. The van der Waals surface area contributed by atoms with E-state index in [0.29, 0.717) is 5.92 Å². The first-order valence-corrected chi connectivity index (χ1v) is 9.16. The fourth-order valence-electron chi connectivity index (χ4n) is 5.83. The second-order valence-electron chi connectivity index (χ2n) is 7.76. The van der Waals surface area contributed by atoms with Gasteiger partial charge in [0.2, 0.25) is 0 Å². The smallest absolute Gasteiger partial charge is 0.253 e. The van der Waals surface area contributed by atoms with Crippen LogP contribution < -0.4 is 0 Å². The predicted octanol–water partition coefficient (Wildman–Crippen LogP) is 3.56. The van der Waals surface area contributed by atoms with Crippen LogP contribution in [0.1, 0.15) is 35.6 Å². The van der Waals surface area contributed by atoms with Crippen LogP contribution in [-0.4, -0.2) is 30.1 Å². The van der Waals surface area contributed by atoms with Crippen LogP contribution in [0.3, 0.4) is 0 Å². The minimum atomic E-state index is -0.458. The number of rotatable bonds is 3. The van der Waals surface area contributed by atoms with E-state index in [0.717, 1.165) is 18.5 Å². The predicted molar refractivity (Wildman–Crippen MR) is 99.1 cm³/mol. The molecule has 26 heavy (non-hydrogen) atoms. The lowest BCUT2D eigenvalue weighted by Gasteiger charge is -2.47. The number of fused-ring (bicyclic) bond motifs is 1. The number of hydroxylamine groups is 2. The molecule has 4 heteroatoms. The van der Waals surface area contributed by atoms with Gasteiger partial charge >= 0.3 is 0 Å². The van der Waals surface area contributed by atoms with Crippen LogP contribution in [0.25, 0.3) is 6.08 Å². The highest BCUT2D eigenvalue weighted by molar-refractivity contribution is 5.89. The van der Waals surface area contributed by atoms with Crippen molar-refractivity contribution in [1.82, 2.24) is 10.0 Å². The van der Waals surface area contributed by atoms with Crippen molar-refractivity contribution >= 4 is 12.0 Å². The molecule has 0 unspecified atom stereocenters. The molecule has 0 spiro atoms. The van der Waals surface area contributed by atoms with Crippen molar-refractivity contribution in [2.24, 2.45) is 11.3 Å². The number of nitrogens with zero attached hydrogens (tertiary/aromatic N) is 2. The number of benzene rings is 1. The van der Waals surface area contributed by atoms with Crippen LogP contribution in [0, 0.1) is 11.3 Å². The lowest BCUT2D eigenvalue weighted by atomic mass is 9.56. The summed E-state index contributed by atoms with van der Waals surface area (Å²) in [4.78, 5) is 23.5. The van der Waals surface area contributed by atoms with Gasteiger partial charge in [0.15, 0.2) is 0 Å². The van der Waals surface area contributed by atoms with E-state index in [-0.39, 0.29) is 17.2 Å². The first kappa shape index (κ1) is 15.8. The molecule has 1 heterocycles. The van der Waals surface area contributed by atoms with Crippen molar-refractivity contribution in [3.8, 4) is 0 Å². The average Bonchev–Trinajstić information content (AvgIpc) is 3.14. The van der Waals surface area contributed by atoms with Gasteiger partial charge in [0.05, 0.1) is 18.2 Å². The third-order valence-electron chi connectivity index (χ3n) is 6.89. The summed E-state index contributed by atoms with van der Waals surface area (Å²) in [6.07, 6.45) is 8.10. The number of carbonyl (C=O) groups excluding carboxylic acids is 1. The van der Waals surface area contributed by atoms with Crippen molar-refractivity contribution in [3.05, 3.63) is 71.6 Å². The molecule has 2 aromatic rings. The van der Waals surface area contributed by atoms with Crippen molar-refractivity contribution in [3.63, 3.8) is 0 Å². The zero-order chi connectivity index (χ0) is 17.9. The SMILES string of the molecule is CON(C)C(=O)C12CC(C1)[C@H]1c3ncccc3C=C[C@]12c1ccccc1. The van der Waals surface area contributed by atoms with Crippen molar-refractivity contribution in [2.45, 2.75) is 24.2 Å². The number of hydrogen-bond acceptors (Lipinski definition) is 3. The Morgan fingerprint density at radius 1 is 1.19 bits per heavy atom. The minimum Gasteiger partial charge on any atom is -0.275 e. The molecule has 3 fully saturated rings. The molecule has 1 aromatic heterocycles. The first-order chi connectivity index (χ1) is 12.6. The third-order valence-corrected chi connectivity index (χ3v) is 6.89. The maximum absolute atomic E-state index is 13.4. The molecule has 0 aliphatic heterocycles.